The zero-order chi connectivity index (χ0) is 21.4. The van der Waals surface area contributed by atoms with E-state index in [9.17, 15) is 13.6 Å². The van der Waals surface area contributed by atoms with Gasteiger partial charge in [-0.15, -0.1) is 0 Å². The number of ether oxygens (including phenoxy) is 1. The van der Waals surface area contributed by atoms with Gasteiger partial charge in [-0.2, -0.15) is 8.78 Å². The summed E-state index contributed by atoms with van der Waals surface area (Å²) >= 11 is 5.76. The number of rotatable bonds is 5. The smallest absolute Gasteiger partial charge is 0.387 e. The summed E-state index contributed by atoms with van der Waals surface area (Å²) in [6.07, 6.45) is 3.19. The van der Waals surface area contributed by atoms with Gasteiger partial charge in [0.05, 0.1) is 17.4 Å². The standard InChI is InChI=1S/C21H17ClF2N4O2/c1-12-3-6-18(30-21(23)24)14(7-12)11-28-17-8-13(15-9-25-20(22)26-10-15)4-5-16(17)19(29)27(28)2/h3-10,21H,11H2,1-2H3. The lowest BCUT2D eigenvalue weighted by molar-refractivity contribution is -0.0505. The summed E-state index contributed by atoms with van der Waals surface area (Å²) in [5.74, 6) is 0.0761. The minimum absolute atomic E-state index is 0.0761. The number of alkyl halides is 2. The molecule has 0 aliphatic carbocycles. The highest BCUT2D eigenvalue weighted by molar-refractivity contribution is 6.28. The third-order valence-electron chi connectivity index (χ3n) is 4.87. The van der Waals surface area contributed by atoms with E-state index in [0.717, 1.165) is 16.7 Å². The number of aromatic nitrogens is 4. The van der Waals surface area contributed by atoms with Gasteiger partial charge in [0.15, 0.2) is 0 Å². The van der Waals surface area contributed by atoms with Crippen LogP contribution in [-0.4, -0.2) is 25.9 Å². The Labute approximate surface area is 175 Å². The SMILES string of the molecule is Cc1ccc(OC(F)F)c(Cn2c3cc(-c4cnc(Cl)nc4)ccc3c(=O)n2C)c1. The maximum atomic E-state index is 12.8. The molecule has 0 spiro atoms. The van der Waals surface area contributed by atoms with Gasteiger partial charge < -0.3 is 4.74 Å². The number of benzene rings is 2. The van der Waals surface area contributed by atoms with Crippen LogP contribution in [0.5, 0.6) is 5.75 Å². The normalized spacial score (nSPS) is 11.4. The third kappa shape index (κ3) is 3.78. The second-order valence-corrected chi connectivity index (χ2v) is 7.19. The van der Waals surface area contributed by atoms with E-state index in [1.54, 1.807) is 48.4 Å². The predicted molar refractivity (Wildman–Crippen MR) is 110 cm³/mol. The van der Waals surface area contributed by atoms with Gasteiger partial charge in [-0.05, 0) is 42.3 Å². The molecule has 0 aliphatic rings. The number of halogens is 3. The summed E-state index contributed by atoms with van der Waals surface area (Å²) < 4.78 is 33.5. The Kier molecular flexibility index (Phi) is 5.26. The van der Waals surface area contributed by atoms with E-state index < -0.39 is 6.61 Å². The Morgan fingerprint density at radius 2 is 1.83 bits per heavy atom. The zero-order valence-corrected chi connectivity index (χ0v) is 16.9. The van der Waals surface area contributed by atoms with Gasteiger partial charge in [0.2, 0.25) is 5.28 Å². The van der Waals surface area contributed by atoms with Crippen LogP contribution in [0.25, 0.3) is 22.0 Å². The minimum Gasteiger partial charge on any atom is -0.434 e. The van der Waals surface area contributed by atoms with E-state index in [-0.39, 0.29) is 23.1 Å². The van der Waals surface area contributed by atoms with Gasteiger partial charge in [-0.1, -0.05) is 23.8 Å². The number of hydrogen-bond donors (Lipinski definition) is 0. The van der Waals surface area contributed by atoms with Crippen LogP contribution in [0, 0.1) is 6.92 Å². The van der Waals surface area contributed by atoms with Crippen LogP contribution in [0.1, 0.15) is 11.1 Å². The molecule has 0 bridgehead atoms. The van der Waals surface area contributed by atoms with Crippen LogP contribution in [0.2, 0.25) is 5.28 Å². The molecule has 2 heterocycles. The van der Waals surface area contributed by atoms with E-state index in [1.165, 1.54) is 10.7 Å². The fourth-order valence-corrected chi connectivity index (χ4v) is 3.51. The van der Waals surface area contributed by atoms with Crippen LogP contribution < -0.4 is 10.3 Å². The fourth-order valence-electron chi connectivity index (χ4n) is 3.41. The highest BCUT2D eigenvalue weighted by Gasteiger charge is 2.16. The highest BCUT2D eigenvalue weighted by atomic mass is 35.5. The maximum Gasteiger partial charge on any atom is 0.387 e. The van der Waals surface area contributed by atoms with Crippen LogP contribution >= 0.6 is 11.6 Å². The first-order valence-corrected chi connectivity index (χ1v) is 9.43. The Bertz CT molecular complexity index is 1280. The van der Waals surface area contributed by atoms with Crippen molar-refractivity contribution in [2.75, 3.05) is 0 Å². The molecule has 0 radical (unpaired) electrons. The second-order valence-electron chi connectivity index (χ2n) is 6.85. The van der Waals surface area contributed by atoms with E-state index >= 15 is 0 Å². The largest absolute Gasteiger partial charge is 0.434 e. The topological polar surface area (TPSA) is 61.9 Å². The quantitative estimate of drug-likeness (QED) is 0.440. The van der Waals surface area contributed by atoms with Crippen molar-refractivity contribution in [1.29, 1.82) is 0 Å². The Hall–Kier alpha value is -3.26. The summed E-state index contributed by atoms with van der Waals surface area (Å²) in [5.41, 5.74) is 3.44. The van der Waals surface area contributed by atoms with E-state index in [2.05, 4.69) is 14.7 Å². The highest BCUT2D eigenvalue weighted by Crippen LogP contribution is 2.27. The van der Waals surface area contributed by atoms with Crippen molar-refractivity contribution in [3.8, 4) is 16.9 Å². The molecule has 0 unspecified atom stereocenters. The van der Waals surface area contributed by atoms with Crippen LogP contribution in [0.3, 0.4) is 0 Å². The molecule has 0 amide bonds. The van der Waals surface area contributed by atoms with E-state index in [4.69, 9.17) is 11.6 Å². The number of aryl methyl sites for hydroxylation is 1. The van der Waals surface area contributed by atoms with Gasteiger partial charge >= 0.3 is 6.61 Å². The Morgan fingerprint density at radius 1 is 1.10 bits per heavy atom. The molecule has 0 saturated carbocycles. The van der Waals surface area contributed by atoms with E-state index in [0.29, 0.717) is 16.5 Å². The fraction of sp³-hybridized carbons (Fsp3) is 0.190. The van der Waals surface area contributed by atoms with Crippen LogP contribution in [0.15, 0.2) is 53.6 Å². The molecule has 30 heavy (non-hydrogen) atoms. The molecule has 0 saturated heterocycles. The van der Waals surface area contributed by atoms with Gasteiger partial charge in [0.25, 0.3) is 5.56 Å². The van der Waals surface area contributed by atoms with Crippen molar-refractivity contribution in [2.24, 2.45) is 7.05 Å². The lowest BCUT2D eigenvalue weighted by Gasteiger charge is -2.15. The van der Waals surface area contributed by atoms with Gasteiger partial charge in [-0.3, -0.25) is 14.2 Å². The number of nitrogens with zero attached hydrogens (tertiary/aromatic N) is 4. The molecule has 0 aliphatic heterocycles. The molecule has 0 fully saturated rings. The summed E-state index contributed by atoms with van der Waals surface area (Å²) in [4.78, 5) is 20.7. The maximum absolute atomic E-state index is 12.8. The van der Waals surface area contributed by atoms with Crippen molar-refractivity contribution < 1.29 is 13.5 Å². The minimum atomic E-state index is -2.94. The lowest BCUT2D eigenvalue weighted by atomic mass is 10.1. The van der Waals surface area contributed by atoms with Crippen molar-refractivity contribution in [1.82, 2.24) is 19.3 Å². The first kappa shape index (κ1) is 20.0. The lowest BCUT2D eigenvalue weighted by Crippen LogP contribution is -2.20. The molecule has 4 aromatic rings. The number of hydrogen-bond acceptors (Lipinski definition) is 4. The van der Waals surface area contributed by atoms with Crippen LogP contribution in [0.4, 0.5) is 8.78 Å². The molecule has 154 valence electrons. The molecule has 0 N–H and O–H groups in total. The first-order valence-electron chi connectivity index (χ1n) is 9.05. The Balaban J connectivity index is 1.84. The molecule has 2 aromatic heterocycles. The molecular formula is C21H17ClF2N4O2. The predicted octanol–water partition coefficient (Wildman–Crippen LogP) is 4.41. The summed E-state index contributed by atoms with van der Waals surface area (Å²) in [6, 6.07) is 10.4. The Morgan fingerprint density at radius 3 is 2.53 bits per heavy atom. The molecule has 0 atom stereocenters. The monoisotopic (exact) mass is 430 g/mol. The summed E-state index contributed by atoms with van der Waals surface area (Å²) in [5, 5.41) is 0.655. The zero-order valence-electron chi connectivity index (χ0n) is 16.1. The van der Waals surface area contributed by atoms with Crippen LogP contribution in [-0.2, 0) is 13.6 Å². The van der Waals surface area contributed by atoms with Crippen molar-refractivity contribution in [3.05, 3.63) is 75.6 Å². The molecule has 2 aromatic carbocycles. The van der Waals surface area contributed by atoms with Gasteiger partial charge in [0, 0.05) is 30.6 Å². The van der Waals surface area contributed by atoms with Gasteiger partial charge in [-0.25, -0.2) is 9.97 Å². The number of fused-ring (bicyclic) bond motifs is 1. The van der Waals surface area contributed by atoms with Crippen molar-refractivity contribution >= 4 is 22.5 Å². The van der Waals surface area contributed by atoms with E-state index in [1.807, 2.05) is 13.0 Å². The first-order chi connectivity index (χ1) is 14.3. The summed E-state index contributed by atoms with van der Waals surface area (Å²) in [7, 11) is 1.64. The molecule has 9 heteroatoms. The molecule has 4 rings (SSSR count). The molecular weight excluding hydrogens is 414 g/mol. The third-order valence-corrected chi connectivity index (χ3v) is 5.06. The summed E-state index contributed by atoms with van der Waals surface area (Å²) in [6.45, 7) is -0.895. The van der Waals surface area contributed by atoms with Crippen molar-refractivity contribution in [2.45, 2.75) is 20.1 Å². The average molecular weight is 431 g/mol. The molecule has 6 nitrogen and oxygen atoms in total. The average Bonchev–Trinajstić information content (AvgIpc) is 2.95. The second kappa shape index (κ2) is 7.87. The van der Waals surface area contributed by atoms with Gasteiger partial charge in [0.1, 0.15) is 5.75 Å². The van der Waals surface area contributed by atoms with Crippen molar-refractivity contribution in [3.63, 3.8) is 0 Å².